The van der Waals surface area contributed by atoms with Crippen molar-refractivity contribution in [2.45, 2.75) is 30.4 Å². The molecule has 2 rings (SSSR count). The number of thioether (sulfide) groups is 1. The van der Waals surface area contributed by atoms with E-state index in [0.717, 1.165) is 17.0 Å². The average Bonchev–Trinajstić information content (AvgIpc) is 2.20. The molecule has 0 aliphatic carbocycles. The molecule has 0 aromatic heterocycles. The van der Waals surface area contributed by atoms with Gasteiger partial charge in [-0.05, 0) is 24.5 Å². The molecule has 1 aliphatic rings. The lowest BCUT2D eigenvalue weighted by molar-refractivity contribution is -0.116. The molecule has 0 radical (unpaired) electrons. The van der Waals surface area contributed by atoms with E-state index < -0.39 is 0 Å². The van der Waals surface area contributed by atoms with Crippen molar-refractivity contribution in [2.75, 3.05) is 11.1 Å². The third-order valence-electron chi connectivity index (χ3n) is 2.55. The van der Waals surface area contributed by atoms with E-state index in [-0.39, 0.29) is 11.2 Å². The average molecular weight is 236 g/mol. The van der Waals surface area contributed by atoms with Crippen LogP contribution in [0, 0.1) is 5.92 Å². The maximum atomic E-state index is 11.9. The van der Waals surface area contributed by atoms with Crippen molar-refractivity contribution in [1.29, 1.82) is 0 Å². The Labute approximate surface area is 99.8 Å². The van der Waals surface area contributed by atoms with Crippen LogP contribution in [0.2, 0.25) is 0 Å². The Bertz CT molecular complexity index is 417. The highest BCUT2D eigenvalue weighted by atomic mass is 32.2. The van der Waals surface area contributed by atoms with Crippen molar-refractivity contribution in [1.82, 2.24) is 0 Å². The van der Waals surface area contributed by atoms with Crippen LogP contribution in [0.25, 0.3) is 0 Å². The fourth-order valence-corrected chi connectivity index (χ4v) is 3.17. The van der Waals surface area contributed by atoms with Crippen LogP contribution in [0.4, 0.5) is 11.4 Å². The predicted molar refractivity (Wildman–Crippen MR) is 68.6 cm³/mol. The number of fused-ring (bicyclic) bond motifs is 1. The summed E-state index contributed by atoms with van der Waals surface area (Å²) in [6, 6.07) is 5.73. The molecule has 0 saturated carbocycles. The molecule has 1 amide bonds. The molecule has 0 saturated heterocycles. The number of amides is 1. The van der Waals surface area contributed by atoms with Gasteiger partial charge in [0.15, 0.2) is 0 Å². The Morgan fingerprint density at radius 3 is 2.94 bits per heavy atom. The normalized spacial score (nSPS) is 19.4. The monoisotopic (exact) mass is 236 g/mol. The number of nitrogens with one attached hydrogen (secondary N) is 1. The first-order valence-electron chi connectivity index (χ1n) is 5.44. The van der Waals surface area contributed by atoms with Crippen LogP contribution < -0.4 is 11.1 Å². The van der Waals surface area contributed by atoms with E-state index in [1.807, 2.05) is 18.2 Å². The highest BCUT2D eigenvalue weighted by molar-refractivity contribution is 8.01. The van der Waals surface area contributed by atoms with Crippen LogP contribution in [-0.4, -0.2) is 11.2 Å². The van der Waals surface area contributed by atoms with Gasteiger partial charge in [-0.25, -0.2) is 0 Å². The second kappa shape index (κ2) is 4.37. The topological polar surface area (TPSA) is 55.1 Å². The Morgan fingerprint density at radius 2 is 2.25 bits per heavy atom. The summed E-state index contributed by atoms with van der Waals surface area (Å²) in [6.45, 7) is 4.26. The number of rotatable bonds is 2. The highest BCUT2D eigenvalue weighted by Crippen LogP contribution is 2.40. The first-order chi connectivity index (χ1) is 7.58. The number of carbonyl (C=O) groups excluding carboxylic acids is 1. The third-order valence-corrected chi connectivity index (χ3v) is 3.84. The van der Waals surface area contributed by atoms with Gasteiger partial charge in [-0.1, -0.05) is 19.9 Å². The van der Waals surface area contributed by atoms with Crippen LogP contribution in [0.15, 0.2) is 23.1 Å². The fourth-order valence-electron chi connectivity index (χ4n) is 1.77. The maximum absolute atomic E-state index is 11.9. The Balaban J connectivity index is 2.25. The minimum Gasteiger partial charge on any atom is -0.397 e. The summed E-state index contributed by atoms with van der Waals surface area (Å²) in [5, 5.41) is 2.91. The van der Waals surface area contributed by atoms with Crippen LogP contribution in [0.5, 0.6) is 0 Å². The van der Waals surface area contributed by atoms with Gasteiger partial charge < -0.3 is 11.1 Å². The molecular formula is C12H16N2OS. The van der Waals surface area contributed by atoms with E-state index in [1.165, 1.54) is 0 Å². The number of nitrogen functional groups attached to an aromatic ring is 1. The van der Waals surface area contributed by atoms with E-state index >= 15 is 0 Å². The zero-order valence-electron chi connectivity index (χ0n) is 9.49. The number of para-hydroxylation sites is 1. The predicted octanol–water partition coefficient (Wildman–Crippen LogP) is 2.73. The minimum absolute atomic E-state index is 0.00861. The quantitative estimate of drug-likeness (QED) is 0.776. The van der Waals surface area contributed by atoms with Crippen LogP contribution >= 0.6 is 11.8 Å². The zero-order chi connectivity index (χ0) is 11.7. The van der Waals surface area contributed by atoms with Crippen molar-refractivity contribution in [3.63, 3.8) is 0 Å². The molecule has 3 nitrogen and oxygen atoms in total. The molecule has 1 heterocycles. The van der Waals surface area contributed by atoms with Crippen LogP contribution in [-0.2, 0) is 4.79 Å². The highest BCUT2D eigenvalue weighted by Gasteiger charge is 2.28. The molecule has 16 heavy (non-hydrogen) atoms. The number of anilines is 2. The minimum atomic E-state index is 0.00861. The first-order valence-corrected chi connectivity index (χ1v) is 6.32. The van der Waals surface area contributed by atoms with Crippen LogP contribution in [0.3, 0.4) is 0 Å². The Hall–Kier alpha value is -1.16. The van der Waals surface area contributed by atoms with E-state index in [1.54, 1.807) is 11.8 Å². The second-order valence-corrected chi connectivity index (χ2v) is 5.69. The van der Waals surface area contributed by atoms with E-state index in [2.05, 4.69) is 19.2 Å². The molecule has 1 unspecified atom stereocenters. The molecular weight excluding hydrogens is 220 g/mol. The molecule has 0 bridgehead atoms. The second-order valence-electron chi connectivity index (χ2n) is 4.45. The smallest absolute Gasteiger partial charge is 0.237 e. The van der Waals surface area contributed by atoms with Gasteiger partial charge >= 0.3 is 0 Å². The molecule has 0 fully saturated rings. The van der Waals surface area contributed by atoms with Crippen molar-refractivity contribution >= 4 is 29.0 Å². The van der Waals surface area contributed by atoms with E-state index in [4.69, 9.17) is 5.73 Å². The Morgan fingerprint density at radius 1 is 1.50 bits per heavy atom. The number of nitrogens with two attached hydrogens (primary N) is 1. The lowest BCUT2D eigenvalue weighted by Gasteiger charge is -2.26. The number of benzene rings is 1. The number of carbonyl (C=O) groups is 1. The van der Waals surface area contributed by atoms with Gasteiger partial charge in [0.05, 0.1) is 16.6 Å². The summed E-state index contributed by atoms with van der Waals surface area (Å²) in [7, 11) is 0. The lowest BCUT2D eigenvalue weighted by atomic mass is 10.1. The molecule has 0 spiro atoms. The van der Waals surface area contributed by atoms with Gasteiger partial charge in [-0.3, -0.25) is 4.79 Å². The van der Waals surface area contributed by atoms with E-state index in [0.29, 0.717) is 11.6 Å². The molecule has 4 heteroatoms. The van der Waals surface area contributed by atoms with E-state index in [9.17, 15) is 4.79 Å². The summed E-state index contributed by atoms with van der Waals surface area (Å²) >= 11 is 1.62. The number of hydrogen-bond donors (Lipinski definition) is 2. The van der Waals surface area contributed by atoms with Gasteiger partial charge in [0.25, 0.3) is 0 Å². The first kappa shape index (κ1) is 11.3. The van der Waals surface area contributed by atoms with Crippen molar-refractivity contribution in [2.24, 2.45) is 5.92 Å². The molecule has 1 aliphatic heterocycles. The summed E-state index contributed by atoms with van der Waals surface area (Å²) in [6.07, 6.45) is 0.894. The summed E-state index contributed by atoms with van der Waals surface area (Å²) in [4.78, 5) is 12.9. The van der Waals surface area contributed by atoms with Gasteiger partial charge in [-0.2, -0.15) is 0 Å². The summed E-state index contributed by atoms with van der Waals surface area (Å²) in [5.41, 5.74) is 7.24. The van der Waals surface area contributed by atoms with Crippen molar-refractivity contribution < 1.29 is 4.79 Å². The van der Waals surface area contributed by atoms with Gasteiger partial charge in [0.1, 0.15) is 0 Å². The van der Waals surface area contributed by atoms with Gasteiger partial charge in [0, 0.05) is 4.90 Å². The largest absolute Gasteiger partial charge is 0.397 e. The lowest BCUT2D eigenvalue weighted by Crippen LogP contribution is -2.30. The third kappa shape index (κ3) is 2.16. The van der Waals surface area contributed by atoms with Crippen LogP contribution in [0.1, 0.15) is 20.3 Å². The summed E-state index contributed by atoms with van der Waals surface area (Å²) < 4.78 is 0. The van der Waals surface area contributed by atoms with Crippen molar-refractivity contribution in [3.05, 3.63) is 18.2 Å². The zero-order valence-corrected chi connectivity index (χ0v) is 10.3. The molecule has 1 atom stereocenters. The number of hydrogen-bond acceptors (Lipinski definition) is 3. The Kier molecular flexibility index (Phi) is 3.10. The fraction of sp³-hybridized carbons (Fsp3) is 0.417. The molecule has 1 aromatic carbocycles. The maximum Gasteiger partial charge on any atom is 0.237 e. The SMILES string of the molecule is CC(C)CC1Sc2cccc(N)c2NC1=O. The molecule has 1 aromatic rings. The molecule has 3 N–H and O–H groups in total. The molecule has 86 valence electrons. The van der Waals surface area contributed by atoms with Crippen molar-refractivity contribution in [3.8, 4) is 0 Å². The van der Waals surface area contributed by atoms with Gasteiger partial charge in [-0.15, -0.1) is 11.8 Å². The summed E-state index contributed by atoms with van der Waals surface area (Å²) in [5.74, 6) is 0.593. The van der Waals surface area contributed by atoms with Gasteiger partial charge in [0.2, 0.25) is 5.91 Å². The standard InChI is InChI=1S/C12H16N2OS/c1-7(2)6-10-12(15)14-11-8(13)4-3-5-9(11)16-10/h3-5,7,10H,6,13H2,1-2H3,(H,14,15).